The fraction of sp³-hybridized carbons (Fsp3) is 0.120. The minimum atomic E-state index is -4.25. The summed E-state index contributed by atoms with van der Waals surface area (Å²) in [5.41, 5.74) is 0.501. The molecule has 0 aliphatic carbocycles. The lowest BCUT2D eigenvalue weighted by atomic mass is 10.1. The van der Waals surface area contributed by atoms with E-state index in [0.717, 1.165) is 40.4 Å². The molecule has 35 heavy (non-hydrogen) atoms. The molecule has 1 aromatic heterocycles. The molecule has 0 spiro atoms. The standard InChI is InChI=1S/C25H20F4N2O3S/c1-30-13-16-9-25(31(14-16)35(32,33)21-4-2-3-18(26)11-21)22-7-6-20(12-24(22)29)34-15-17-10-19(27)5-8-23(17)28/h2-12,14,30H,13,15H2,1H3. The van der Waals surface area contributed by atoms with Gasteiger partial charge in [-0.1, -0.05) is 6.07 Å². The molecule has 1 N–H and O–H groups in total. The average molecular weight is 505 g/mol. The number of hydrogen-bond donors (Lipinski definition) is 1. The maximum atomic E-state index is 15.1. The van der Waals surface area contributed by atoms with Crippen LogP contribution in [0.5, 0.6) is 5.75 Å². The van der Waals surface area contributed by atoms with Crippen LogP contribution in [0.3, 0.4) is 0 Å². The summed E-state index contributed by atoms with van der Waals surface area (Å²) >= 11 is 0. The Labute approximate surface area is 199 Å². The van der Waals surface area contributed by atoms with Crippen molar-refractivity contribution in [3.63, 3.8) is 0 Å². The largest absolute Gasteiger partial charge is 0.489 e. The third-order valence-electron chi connectivity index (χ3n) is 5.20. The molecular weight excluding hydrogens is 484 g/mol. The minimum absolute atomic E-state index is 0.0275. The highest BCUT2D eigenvalue weighted by atomic mass is 32.2. The van der Waals surface area contributed by atoms with Crippen LogP contribution in [0, 0.1) is 23.3 Å². The molecule has 4 rings (SSSR count). The summed E-state index contributed by atoms with van der Waals surface area (Å²) in [6.07, 6.45) is 1.34. The lowest BCUT2D eigenvalue weighted by Crippen LogP contribution is -2.14. The molecule has 0 bridgehead atoms. The highest BCUT2D eigenvalue weighted by Gasteiger charge is 2.24. The van der Waals surface area contributed by atoms with Gasteiger partial charge in [0.15, 0.2) is 0 Å². The average Bonchev–Trinajstić information content (AvgIpc) is 3.24. The topological polar surface area (TPSA) is 60.3 Å². The number of halogens is 4. The molecule has 0 atom stereocenters. The first-order valence-corrected chi connectivity index (χ1v) is 11.9. The van der Waals surface area contributed by atoms with E-state index < -0.39 is 33.3 Å². The highest BCUT2D eigenvalue weighted by Crippen LogP contribution is 2.31. The van der Waals surface area contributed by atoms with Crippen molar-refractivity contribution in [2.75, 3.05) is 7.05 Å². The molecule has 0 unspecified atom stereocenters. The second-order valence-corrected chi connectivity index (χ2v) is 9.50. The molecule has 10 heteroatoms. The smallest absolute Gasteiger partial charge is 0.268 e. The van der Waals surface area contributed by atoms with E-state index in [1.54, 1.807) is 7.05 Å². The SMILES string of the molecule is CNCc1cc(-c2ccc(OCc3cc(F)ccc3F)cc2F)n(S(=O)(=O)c2cccc(F)c2)c1. The van der Waals surface area contributed by atoms with Gasteiger partial charge in [-0.3, -0.25) is 0 Å². The summed E-state index contributed by atoms with van der Waals surface area (Å²) in [6.45, 7) is -0.0281. The van der Waals surface area contributed by atoms with Crippen LogP contribution in [0.1, 0.15) is 11.1 Å². The molecular formula is C25H20F4N2O3S. The second kappa shape index (κ2) is 9.93. The molecule has 4 aromatic rings. The first-order chi connectivity index (χ1) is 16.7. The first kappa shape index (κ1) is 24.5. The normalized spacial score (nSPS) is 11.6. The van der Waals surface area contributed by atoms with Gasteiger partial charge in [0, 0.05) is 29.9 Å². The van der Waals surface area contributed by atoms with Crippen LogP contribution in [0.2, 0.25) is 0 Å². The Morgan fingerprint density at radius 1 is 0.886 bits per heavy atom. The van der Waals surface area contributed by atoms with Crippen molar-refractivity contribution in [1.82, 2.24) is 9.29 Å². The van der Waals surface area contributed by atoms with Gasteiger partial charge in [-0.05, 0) is 67.2 Å². The van der Waals surface area contributed by atoms with Crippen LogP contribution >= 0.6 is 0 Å². The molecule has 182 valence electrons. The summed E-state index contributed by atoms with van der Waals surface area (Å²) < 4.78 is 88.8. The molecule has 0 radical (unpaired) electrons. The van der Waals surface area contributed by atoms with Gasteiger partial charge in [0.2, 0.25) is 0 Å². The predicted octanol–water partition coefficient (Wildman–Crippen LogP) is 5.25. The van der Waals surface area contributed by atoms with Crippen LogP contribution in [0.25, 0.3) is 11.3 Å². The van der Waals surface area contributed by atoms with Crippen molar-refractivity contribution in [1.29, 1.82) is 0 Å². The van der Waals surface area contributed by atoms with E-state index in [9.17, 15) is 21.6 Å². The molecule has 0 saturated heterocycles. The molecule has 1 heterocycles. The Balaban J connectivity index is 1.69. The first-order valence-electron chi connectivity index (χ1n) is 10.4. The summed E-state index contributed by atoms with van der Waals surface area (Å²) in [5, 5.41) is 2.90. The van der Waals surface area contributed by atoms with E-state index in [4.69, 9.17) is 4.74 Å². The Bertz CT molecular complexity index is 1490. The summed E-state index contributed by atoms with van der Waals surface area (Å²) in [6, 6.07) is 12.7. The Morgan fingerprint density at radius 2 is 1.66 bits per heavy atom. The second-order valence-electron chi connectivity index (χ2n) is 7.69. The Morgan fingerprint density at radius 3 is 2.37 bits per heavy atom. The lowest BCUT2D eigenvalue weighted by Gasteiger charge is -2.13. The van der Waals surface area contributed by atoms with Crippen LogP contribution in [0.15, 0.2) is 77.8 Å². The Kier molecular flexibility index (Phi) is 6.95. The summed E-state index contributed by atoms with van der Waals surface area (Å²) in [4.78, 5) is -0.289. The van der Waals surface area contributed by atoms with Crippen molar-refractivity contribution < 1.29 is 30.7 Å². The zero-order valence-electron chi connectivity index (χ0n) is 18.4. The van der Waals surface area contributed by atoms with Crippen molar-refractivity contribution in [2.45, 2.75) is 18.0 Å². The highest BCUT2D eigenvalue weighted by molar-refractivity contribution is 7.90. The minimum Gasteiger partial charge on any atom is -0.489 e. The van der Waals surface area contributed by atoms with Gasteiger partial charge < -0.3 is 10.1 Å². The van der Waals surface area contributed by atoms with Gasteiger partial charge in [0.1, 0.15) is 35.6 Å². The van der Waals surface area contributed by atoms with Gasteiger partial charge in [0.05, 0.1) is 10.6 Å². The van der Waals surface area contributed by atoms with Gasteiger partial charge in [-0.25, -0.2) is 30.0 Å². The number of ether oxygens (including phenoxy) is 1. The maximum Gasteiger partial charge on any atom is 0.268 e. The number of aromatic nitrogens is 1. The summed E-state index contributed by atoms with van der Waals surface area (Å²) in [5.74, 6) is -2.79. The zero-order chi connectivity index (χ0) is 25.2. The van der Waals surface area contributed by atoms with Gasteiger partial charge in [-0.15, -0.1) is 0 Å². The molecule has 0 amide bonds. The number of hydrogen-bond acceptors (Lipinski definition) is 4. The van der Waals surface area contributed by atoms with Crippen LogP contribution in [0.4, 0.5) is 17.6 Å². The van der Waals surface area contributed by atoms with Crippen LogP contribution < -0.4 is 10.1 Å². The molecule has 0 saturated carbocycles. The third-order valence-corrected chi connectivity index (χ3v) is 6.86. The molecule has 3 aromatic carbocycles. The Hall–Kier alpha value is -3.63. The van der Waals surface area contributed by atoms with E-state index in [1.165, 1.54) is 36.5 Å². The molecule has 0 fully saturated rings. The molecule has 5 nitrogen and oxygen atoms in total. The monoisotopic (exact) mass is 504 g/mol. The third kappa shape index (κ3) is 5.23. The molecule has 0 aliphatic heterocycles. The van der Waals surface area contributed by atoms with E-state index in [1.807, 2.05) is 0 Å². The quantitative estimate of drug-likeness (QED) is 0.333. The van der Waals surface area contributed by atoms with Gasteiger partial charge >= 0.3 is 0 Å². The number of nitrogens with zero attached hydrogens (tertiary/aromatic N) is 1. The number of benzene rings is 3. The van der Waals surface area contributed by atoms with Crippen molar-refractivity contribution in [2.24, 2.45) is 0 Å². The van der Waals surface area contributed by atoms with Crippen molar-refractivity contribution in [3.05, 3.63) is 107 Å². The van der Waals surface area contributed by atoms with Crippen LogP contribution in [-0.4, -0.2) is 19.4 Å². The van der Waals surface area contributed by atoms with E-state index in [2.05, 4.69) is 5.32 Å². The summed E-state index contributed by atoms with van der Waals surface area (Å²) in [7, 11) is -2.57. The molecule has 0 aliphatic rings. The number of rotatable bonds is 8. The van der Waals surface area contributed by atoms with Crippen LogP contribution in [-0.2, 0) is 23.2 Å². The fourth-order valence-corrected chi connectivity index (χ4v) is 4.97. The number of nitrogens with one attached hydrogen (secondary N) is 1. The van der Waals surface area contributed by atoms with Gasteiger partial charge in [0.25, 0.3) is 10.0 Å². The van der Waals surface area contributed by atoms with Crippen molar-refractivity contribution >= 4 is 10.0 Å². The lowest BCUT2D eigenvalue weighted by molar-refractivity contribution is 0.297. The predicted molar refractivity (Wildman–Crippen MR) is 122 cm³/mol. The van der Waals surface area contributed by atoms with E-state index in [-0.39, 0.29) is 34.1 Å². The fourth-order valence-electron chi connectivity index (χ4n) is 3.54. The van der Waals surface area contributed by atoms with E-state index >= 15 is 4.39 Å². The van der Waals surface area contributed by atoms with Gasteiger partial charge in [-0.2, -0.15) is 0 Å². The van der Waals surface area contributed by atoms with Crippen molar-refractivity contribution in [3.8, 4) is 17.0 Å². The van der Waals surface area contributed by atoms with E-state index in [0.29, 0.717) is 12.1 Å². The maximum absolute atomic E-state index is 15.1. The zero-order valence-corrected chi connectivity index (χ0v) is 19.3.